The van der Waals surface area contributed by atoms with Gasteiger partial charge in [0.05, 0.1) is 0 Å². The van der Waals surface area contributed by atoms with Crippen molar-refractivity contribution < 1.29 is 0 Å². The Balaban J connectivity index is 1.38. The summed E-state index contributed by atoms with van der Waals surface area (Å²) in [6.45, 7) is 3.50. The number of piperidine rings is 3. The zero-order valence-electron chi connectivity index (χ0n) is 16.3. The van der Waals surface area contributed by atoms with Gasteiger partial charge >= 0.3 is 0 Å². The van der Waals surface area contributed by atoms with E-state index in [4.69, 9.17) is 0 Å². The third kappa shape index (κ3) is 3.67. The number of benzene rings is 2. The molecule has 1 N–H and O–H groups in total. The quantitative estimate of drug-likeness (QED) is 0.623. The van der Waals surface area contributed by atoms with Crippen molar-refractivity contribution in [1.82, 2.24) is 10.2 Å². The summed E-state index contributed by atoms with van der Waals surface area (Å²) in [7, 11) is 0. The van der Waals surface area contributed by atoms with Crippen molar-refractivity contribution in [1.29, 1.82) is 0 Å². The van der Waals surface area contributed by atoms with Crippen LogP contribution >= 0.6 is 11.3 Å². The first-order valence-corrected chi connectivity index (χ1v) is 11.4. The third-order valence-corrected chi connectivity index (χ3v) is 7.49. The van der Waals surface area contributed by atoms with Crippen molar-refractivity contribution in [2.75, 3.05) is 13.1 Å². The van der Waals surface area contributed by atoms with Gasteiger partial charge in [0, 0.05) is 23.5 Å². The van der Waals surface area contributed by atoms with Crippen LogP contribution in [0.3, 0.4) is 0 Å². The van der Waals surface area contributed by atoms with Gasteiger partial charge in [-0.25, -0.2) is 0 Å². The van der Waals surface area contributed by atoms with Gasteiger partial charge < -0.3 is 5.32 Å². The average molecular weight is 389 g/mol. The lowest BCUT2D eigenvalue weighted by Crippen LogP contribution is -2.63. The highest BCUT2D eigenvalue weighted by atomic mass is 32.1. The molecule has 2 aromatic carbocycles. The Labute approximate surface area is 172 Å². The summed E-state index contributed by atoms with van der Waals surface area (Å²) in [4.78, 5) is 4.13. The van der Waals surface area contributed by atoms with E-state index in [1.54, 1.807) is 0 Å². The maximum atomic E-state index is 3.95. The fourth-order valence-corrected chi connectivity index (χ4v) is 5.92. The molecule has 3 aromatic rings. The smallest absolute Gasteiger partial charge is 0.0345 e. The molecule has 0 aliphatic carbocycles. The molecule has 3 heteroatoms. The molecule has 4 heterocycles. The van der Waals surface area contributed by atoms with Crippen molar-refractivity contribution in [3.63, 3.8) is 0 Å². The topological polar surface area (TPSA) is 15.3 Å². The monoisotopic (exact) mass is 388 g/mol. The molecule has 28 heavy (non-hydrogen) atoms. The van der Waals surface area contributed by atoms with Crippen LogP contribution in [-0.2, 0) is 13.0 Å². The maximum Gasteiger partial charge on any atom is 0.0345 e. The molecule has 0 saturated carbocycles. The normalized spacial score (nSPS) is 26.4. The fourth-order valence-electron chi connectivity index (χ4n) is 5.14. The first kappa shape index (κ1) is 18.1. The average Bonchev–Trinajstić information content (AvgIpc) is 3.30. The molecule has 3 aliphatic rings. The van der Waals surface area contributed by atoms with Crippen LogP contribution in [0.25, 0.3) is 10.4 Å². The number of hydrogen-bond acceptors (Lipinski definition) is 3. The number of hydrogen-bond donors (Lipinski definition) is 1. The Morgan fingerprint density at radius 3 is 2.46 bits per heavy atom. The summed E-state index contributed by atoms with van der Waals surface area (Å²) in [6.07, 6.45) is 3.82. The van der Waals surface area contributed by atoms with Crippen LogP contribution in [0.2, 0.25) is 0 Å². The molecule has 2 nitrogen and oxygen atoms in total. The highest BCUT2D eigenvalue weighted by Gasteiger charge is 2.41. The molecule has 6 rings (SSSR count). The van der Waals surface area contributed by atoms with Crippen molar-refractivity contribution in [3.05, 3.63) is 83.2 Å². The number of thiophene rings is 1. The van der Waals surface area contributed by atoms with Gasteiger partial charge in [-0.2, -0.15) is 0 Å². The highest BCUT2D eigenvalue weighted by Crippen LogP contribution is 2.36. The van der Waals surface area contributed by atoms with Gasteiger partial charge in [0.15, 0.2) is 0 Å². The van der Waals surface area contributed by atoms with Gasteiger partial charge in [0.1, 0.15) is 0 Å². The van der Waals surface area contributed by atoms with E-state index in [-0.39, 0.29) is 0 Å². The largest absolute Gasteiger partial charge is 0.308 e. The number of nitrogens with zero attached hydrogens (tertiary/aromatic N) is 1. The lowest BCUT2D eigenvalue weighted by molar-refractivity contribution is 0.0127. The van der Waals surface area contributed by atoms with Crippen molar-refractivity contribution in [3.8, 4) is 10.4 Å². The molecular formula is C25H28N2S. The van der Waals surface area contributed by atoms with Crippen LogP contribution in [0.4, 0.5) is 0 Å². The summed E-state index contributed by atoms with van der Waals surface area (Å²) in [6, 6.07) is 25.5. The number of rotatable bonds is 6. The third-order valence-electron chi connectivity index (χ3n) is 6.58. The first-order chi connectivity index (χ1) is 13.9. The second-order valence-corrected chi connectivity index (χ2v) is 9.12. The highest BCUT2D eigenvalue weighted by molar-refractivity contribution is 7.13. The molecule has 144 valence electrons. The molecule has 2 bridgehead atoms. The van der Waals surface area contributed by atoms with Gasteiger partial charge in [0.25, 0.3) is 0 Å². The molecule has 0 radical (unpaired) electrons. The SMILES string of the molecule is c1ccc(CNC2C3CCN(CC3)C2Cc2ccccc2-c2cccs2)cc1. The Morgan fingerprint density at radius 2 is 1.68 bits per heavy atom. The van der Waals surface area contributed by atoms with Crippen molar-refractivity contribution in [2.24, 2.45) is 5.92 Å². The second-order valence-electron chi connectivity index (χ2n) is 8.17. The molecule has 0 amide bonds. The van der Waals surface area contributed by atoms with Crippen molar-refractivity contribution >= 4 is 11.3 Å². The van der Waals surface area contributed by atoms with Crippen LogP contribution in [0, 0.1) is 5.92 Å². The van der Waals surface area contributed by atoms with Crippen LogP contribution in [0.15, 0.2) is 72.1 Å². The minimum atomic E-state index is 0.582. The molecule has 3 saturated heterocycles. The van der Waals surface area contributed by atoms with Crippen LogP contribution < -0.4 is 5.32 Å². The molecule has 0 spiro atoms. The lowest BCUT2D eigenvalue weighted by Gasteiger charge is -2.51. The van der Waals surface area contributed by atoms with E-state index in [9.17, 15) is 0 Å². The standard InChI is InChI=1S/C25H28N2S/c1-2-7-19(8-3-1)18-26-25-20-12-14-27(15-13-20)23(25)17-21-9-4-5-10-22(21)24-11-6-16-28-24/h1-11,16,20,23,25-26H,12-15,17-18H2. The van der Waals surface area contributed by atoms with E-state index < -0.39 is 0 Å². The van der Waals surface area contributed by atoms with E-state index >= 15 is 0 Å². The summed E-state index contributed by atoms with van der Waals surface area (Å²) in [5.41, 5.74) is 4.30. The van der Waals surface area contributed by atoms with Crippen LogP contribution in [0.5, 0.6) is 0 Å². The zero-order chi connectivity index (χ0) is 18.8. The predicted molar refractivity (Wildman–Crippen MR) is 119 cm³/mol. The Hall–Kier alpha value is -1.94. The lowest BCUT2D eigenvalue weighted by atomic mass is 9.76. The number of nitrogens with one attached hydrogen (secondary N) is 1. The fraction of sp³-hybridized carbons (Fsp3) is 0.360. The van der Waals surface area contributed by atoms with Gasteiger partial charge in [-0.3, -0.25) is 4.90 Å². The zero-order valence-corrected chi connectivity index (χ0v) is 17.1. The van der Waals surface area contributed by atoms with Gasteiger partial charge in [-0.15, -0.1) is 11.3 Å². The van der Waals surface area contributed by atoms with E-state index in [0.29, 0.717) is 12.1 Å². The summed E-state index contributed by atoms with van der Waals surface area (Å²) >= 11 is 1.85. The summed E-state index contributed by atoms with van der Waals surface area (Å²) < 4.78 is 0. The Morgan fingerprint density at radius 1 is 0.893 bits per heavy atom. The van der Waals surface area contributed by atoms with Gasteiger partial charge in [-0.05, 0) is 66.4 Å². The van der Waals surface area contributed by atoms with Gasteiger partial charge in [0.2, 0.25) is 0 Å². The maximum absolute atomic E-state index is 3.95. The molecule has 3 aliphatic heterocycles. The molecule has 2 unspecified atom stereocenters. The Kier molecular flexibility index (Phi) is 5.30. The van der Waals surface area contributed by atoms with Crippen molar-refractivity contribution in [2.45, 2.75) is 37.9 Å². The summed E-state index contributed by atoms with van der Waals surface area (Å²) in [5.74, 6) is 0.813. The molecular weight excluding hydrogens is 360 g/mol. The molecule has 3 fully saturated rings. The predicted octanol–water partition coefficient (Wildman–Crippen LogP) is 5.21. The summed E-state index contributed by atoms with van der Waals surface area (Å²) in [5, 5.41) is 6.14. The van der Waals surface area contributed by atoms with Crippen LogP contribution in [0.1, 0.15) is 24.0 Å². The van der Waals surface area contributed by atoms with E-state index in [0.717, 1.165) is 18.9 Å². The number of fused-ring (bicyclic) bond motifs is 3. The van der Waals surface area contributed by atoms with Crippen LogP contribution in [-0.4, -0.2) is 30.1 Å². The minimum absolute atomic E-state index is 0.582. The Bertz CT molecular complexity index is 882. The van der Waals surface area contributed by atoms with E-state index in [1.807, 2.05) is 11.3 Å². The van der Waals surface area contributed by atoms with E-state index in [1.165, 1.54) is 47.5 Å². The van der Waals surface area contributed by atoms with Gasteiger partial charge in [-0.1, -0.05) is 60.7 Å². The molecule has 1 aromatic heterocycles. The first-order valence-electron chi connectivity index (χ1n) is 10.5. The molecule has 2 atom stereocenters. The second kappa shape index (κ2) is 8.20. The minimum Gasteiger partial charge on any atom is -0.308 e. The van der Waals surface area contributed by atoms with E-state index in [2.05, 4.69) is 82.3 Å².